The van der Waals surface area contributed by atoms with Crippen LogP contribution in [0, 0.1) is 59.2 Å². The van der Waals surface area contributed by atoms with Gasteiger partial charge in [0.2, 0.25) is 0 Å². The number of allylic oxidation sites excluding steroid dienone is 2. The van der Waals surface area contributed by atoms with E-state index in [1.165, 1.54) is 32.1 Å². The quantitative estimate of drug-likeness (QED) is 0.398. The predicted molar refractivity (Wildman–Crippen MR) is 132 cm³/mol. The second-order valence-electron chi connectivity index (χ2n) is 13.1. The molecule has 6 aliphatic carbocycles. The Morgan fingerprint density at radius 2 is 1.16 bits per heavy atom. The Hall–Kier alpha value is -0.260. The summed E-state index contributed by atoms with van der Waals surface area (Å²) in [5.41, 5.74) is 1.77. The van der Waals surface area contributed by atoms with E-state index >= 15 is 0 Å². The summed E-state index contributed by atoms with van der Waals surface area (Å²) in [6.07, 6.45) is 30.7. The lowest BCUT2D eigenvalue weighted by Crippen LogP contribution is -2.51. The molecule has 0 heteroatoms. The zero-order chi connectivity index (χ0) is 20.8. The maximum absolute atomic E-state index is 2.68. The van der Waals surface area contributed by atoms with Gasteiger partial charge in [-0.05, 0) is 130 Å². The van der Waals surface area contributed by atoms with Gasteiger partial charge in [0.05, 0.1) is 0 Å². The van der Waals surface area contributed by atoms with Gasteiger partial charge in [-0.2, -0.15) is 0 Å². The lowest BCUT2D eigenvalue weighted by Gasteiger charge is -2.58. The van der Waals surface area contributed by atoms with E-state index in [-0.39, 0.29) is 0 Å². The van der Waals surface area contributed by atoms with Gasteiger partial charge in [-0.3, -0.25) is 0 Å². The first-order valence-electron chi connectivity index (χ1n) is 15.0. The number of rotatable bonds is 3. The smallest absolute Gasteiger partial charge is 0.0317 e. The highest BCUT2D eigenvalue weighted by atomic mass is 14.6. The van der Waals surface area contributed by atoms with E-state index in [2.05, 4.69) is 13.0 Å². The molecule has 5 saturated carbocycles. The maximum atomic E-state index is 2.68. The Bertz CT molecular complexity index is 638. The summed E-state index contributed by atoms with van der Waals surface area (Å²) >= 11 is 0. The largest absolute Gasteiger partial charge is 0.0851 e. The summed E-state index contributed by atoms with van der Waals surface area (Å²) in [6, 6.07) is 0. The molecule has 0 nitrogen and oxygen atoms in total. The third-order valence-electron chi connectivity index (χ3n) is 12.2. The summed E-state index contributed by atoms with van der Waals surface area (Å²) in [5.74, 6) is 11.2. The van der Waals surface area contributed by atoms with E-state index in [1.54, 1.807) is 89.0 Å². The molecule has 0 radical (unpaired) electrons. The van der Waals surface area contributed by atoms with Crippen LogP contribution in [0.4, 0.5) is 0 Å². The highest BCUT2D eigenvalue weighted by molar-refractivity contribution is 5.09. The average molecular weight is 423 g/mol. The number of hydrogen-bond acceptors (Lipinski definition) is 0. The Kier molecular flexibility index (Phi) is 6.30. The van der Waals surface area contributed by atoms with Crippen molar-refractivity contribution in [3.63, 3.8) is 0 Å². The second-order valence-corrected chi connectivity index (χ2v) is 13.1. The zero-order valence-electron chi connectivity index (χ0n) is 20.6. The fraction of sp³-hybridized carbons (Fsp3) is 0.935. The van der Waals surface area contributed by atoms with Gasteiger partial charge < -0.3 is 0 Å². The van der Waals surface area contributed by atoms with Crippen LogP contribution >= 0.6 is 0 Å². The first-order valence-corrected chi connectivity index (χ1v) is 15.0. The molecule has 6 rings (SSSR count). The fourth-order valence-corrected chi connectivity index (χ4v) is 11.0. The van der Waals surface area contributed by atoms with Crippen molar-refractivity contribution in [2.75, 3.05) is 0 Å². The lowest BCUT2D eigenvalue weighted by molar-refractivity contribution is -0.0951. The van der Waals surface area contributed by atoms with Gasteiger partial charge >= 0.3 is 0 Å². The monoisotopic (exact) mass is 422 g/mol. The van der Waals surface area contributed by atoms with Gasteiger partial charge in [0, 0.05) is 0 Å². The molecule has 0 amide bonds. The standard InChI is InChI=1S/C31H50/c1-2-21-11-13-23(14-12-21)27-18-15-24-9-6-10-28-26(22-7-4-3-5-8-22)19-16-25-17-20-29(27)30(24)31(25)28/h11,22-31H,2-10,12-20H2,1H3/t23?,24?,25?,26?,27-,28+,29?,30?,31?/m1/s1. The van der Waals surface area contributed by atoms with Crippen molar-refractivity contribution < 1.29 is 0 Å². The van der Waals surface area contributed by atoms with Gasteiger partial charge in [0.15, 0.2) is 0 Å². The molecule has 0 spiro atoms. The van der Waals surface area contributed by atoms with Crippen LogP contribution in [0.2, 0.25) is 0 Å². The SMILES string of the molecule is CCC1=CCC([C@H]2CCC3CCC[C@H]4C(C5CCCCC5)CCC5CCC2C3C54)CC1. The summed E-state index contributed by atoms with van der Waals surface area (Å²) in [7, 11) is 0. The molecule has 0 aromatic rings. The fourth-order valence-electron chi connectivity index (χ4n) is 11.0. The van der Waals surface area contributed by atoms with E-state index < -0.39 is 0 Å². The van der Waals surface area contributed by atoms with Crippen LogP contribution in [0.15, 0.2) is 11.6 Å². The molecular weight excluding hydrogens is 372 g/mol. The molecule has 0 heterocycles. The van der Waals surface area contributed by atoms with Crippen molar-refractivity contribution in [2.45, 2.75) is 122 Å². The zero-order valence-corrected chi connectivity index (χ0v) is 20.6. The summed E-state index contributed by atoms with van der Waals surface area (Å²) in [6.45, 7) is 2.37. The minimum atomic E-state index is 1.04. The van der Waals surface area contributed by atoms with Crippen molar-refractivity contribution in [3.05, 3.63) is 11.6 Å². The second kappa shape index (κ2) is 9.18. The Labute approximate surface area is 193 Å². The van der Waals surface area contributed by atoms with Crippen molar-refractivity contribution >= 4 is 0 Å². The normalized spacial score (nSPS) is 48.4. The maximum Gasteiger partial charge on any atom is -0.0317 e. The Balaban J connectivity index is 1.26. The molecule has 7 unspecified atom stereocenters. The van der Waals surface area contributed by atoms with Crippen LogP contribution in [0.3, 0.4) is 0 Å². The number of hydrogen-bond donors (Lipinski definition) is 0. The van der Waals surface area contributed by atoms with Gasteiger partial charge in [-0.1, -0.05) is 63.5 Å². The summed E-state index contributed by atoms with van der Waals surface area (Å²) < 4.78 is 0. The minimum absolute atomic E-state index is 1.04. The molecule has 31 heavy (non-hydrogen) atoms. The Morgan fingerprint density at radius 3 is 1.84 bits per heavy atom. The molecule has 0 N–H and O–H groups in total. The van der Waals surface area contributed by atoms with Crippen LogP contribution in [-0.2, 0) is 0 Å². The highest BCUT2D eigenvalue weighted by Gasteiger charge is 2.55. The van der Waals surface area contributed by atoms with E-state index in [1.807, 2.05) is 0 Å². The van der Waals surface area contributed by atoms with Crippen LogP contribution < -0.4 is 0 Å². The average Bonchev–Trinajstić information content (AvgIpc) is 3.04. The molecule has 9 atom stereocenters. The lowest BCUT2D eigenvalue weighted by atomic mass is 9.47. The molecule has 5 fully saturated rings. The minimum Gasteiger partial charge on any atom is -0.0851 e. The van der Waals surface area contributed by atoms with E-state index in [0.29, 0.717) is 0 Å². The van der Waals surface area contributed by atoms with Gasteiger partial charge in [0.1, 0.15) is 0 Å². The van der Waals surface area contributed by atoms with E-state index in [0.717, 1.165) is 59.2 Å². The van der Waals surface area contributed by atoms with Gasteiger partial charge in [-0.15, -0.1) is 0 Å². The molecule has 174 valence electrons. The molecule has 6 aliphatic rings. The molecule has 0 aromatic carbocycles. The topological polar surface area (TPSA) is 0 Å². The van der Waals surface area contributed by atoms with Crippen molar-refractivity contribution in [1.82, 2.24) is 0 Å². The van der Waals surface area contributed by atoms with Crippen molar-refractivity contribution in [2.24, 2.45) is 59.2 Å². The molecular formula is C31H50. The molecule has 0 bridgehead atoms. The third kappa shape index (κ3) is 3.89. The molecule has 0 aromatic heterocycles. The summed E-state index contributed by atoms with van der Waals surface area (Å²) in [5, 5.41) is 0. The first-order chi connectivity index (χ1) is 15.3. The molecule has 0 saturated heterocycles. The van der Waals surface area contributed by atoms with Crippen molar-refractivity contribution in [1.29, 1.82) is 0 Å². The highest BCUT2D eigenvalue weighted by Crippen LogP contribution is 2.63. The van der Waals surface area contributed by atoms with E-state index in [4.69, 9.17) is 0 Å². The van der Waals surface area contributed by atoms with Crippen LogP contribution in [-0.4, -0.2) is 0 Å². The third-order valence-corrected chi connectivity index (χ3v) is 12.2. The first kappa shape index (κ1) is 21.3. The molecule has 0 aliphatic heterocycles. The van der Waals surface area contributed by atoms with Gasteiger partial charge in [-0.25, -0.2) is 0 Å². The van der Waals surface area contributed by atoms with Crippen LogP contribution in [0.5, 0.6) is 0 Å². The predicted octanol–water partition coefficient (Wildman–Crippen LogP) is 9.20. The Morgan fingerprint density at radius 1 is 0.548 bits per heavy atom. The summed E-state index contributed by atoms with van der Waals surface area (Å²) in [4.78, 5) is 0. The van der Waals surface area contributed by atoms with Crippen LogP contribution in [0.1, 0.15) is 122 Å². The van der Waals surface area contributed by atoms with Crippen molar-refractivity contribution in [3.8, 4) is 0 Å². The van der Waals surface area contributed by atoms with Gasteiger partial charge in [0.25, 0.3) is 0 Å². The van der Waals surface area contributed by atoms with E-state index in [9.17, 15) is 0 Å². The van der Waals surface area contributed by atoms with Crippen LogP contribution in [0.25, 0.3) is 0 Å².